The van der Waals surface area contributed by atoms with Crippen LogP contribution in [0.2, 0.25) is 0 Å². The molecule has 35 heavy (non-hydrogen) atoms. The highest BCUT2D eigenvalue weighted by atomic mass is 16.5. The van der Waals surface area contributed by atoms with Crippen LogP contribution in [0.3, 0.4) is 0 Å². The third-order valence-corrected chi connectivity index (χ3v) is 5.04. The maximum Gasteiger partial charge on any atom is 0.338 e. The number of hydrogen-bond donors (Lipinski definition) is 2. The fraction of sp³-hybridized carbons (Fsp3) is 0.276. The number of rotatable bonds is 9. The molecule has 1 unspecified atom stereocenters. The van der Waals surface area contributed by atoms with Crippen molar-refractivity contribution in [2.75, 3.05) is 6.61 Å². The van der Waals surface area contributed by atoms with Crippen LogP contribution < -0.4 is 0 Å². The van der Waals surface area contributed by atoms with E-state index >= 15 is 0 Å². The Labute approximate surface area is 207 Å². The monoisotopic (exact) mass is 478 g/mol. The van der Waals surface area contributed by atoms with Crippen molar-refractivity contribution in [3.63, 3.8) is 0 Å². The molecule has 0 aromatic heterocycles. The molecule has 186 valence electrons. The van der Waals surface area contributed by atoms with Crippen molar-refractivity contribution in [3.05, 3.63) is 108 Å². The predicted octanol–water partition coefficient (Wildman–Crippen LogP) is 6.83. The lowest BCUT2D eigenvalue weighted by atomic mass is 10.0. The zero-order chi connectivity index (χ0) is 25.9. The normalized spacial score (nSPS) is 10.5. The Hall–Kier alpha value is -3.93. The fourth-order valence-corrected chi connectivity index (χ4v) is 2.91. The smallest absolute Gasteiger partial charge is 0.338 e. The highest BCUT2D eigenvalue weighted by Crippen LogP contribution is 2.14. The first-order valence-corrected chi connectivity index (χ1v) is 11.7. The van der Waals surface area contributed by atoms with Gasteiger partial charge < -0.3 is 14.9 Å². The Morgan fingerprint density at radius 2 is 1.09 bits per heavy atom. The van der Waals surface area contributed by atoms with Crippen LogP contribution in [0.15, 0.2) is 91.0 Å². The number of carboxylic acid groups (broad SMARTS) is 2. The van der Waals surface area contributed by atoms with Gasteiger partial charge in [0.1, 0.15) is 0 Å². The van der Waals surface area contributed by atoms with Gasteiger partial charge in [0.25, 0.3) is 0 Å². The summed E-state index contributed by atoms with van der Waals surface area (Å²) in [4.78, 5) is 32.1. The second-order valence-electron chi connectivity index (χ2n) is 7.72. The van der Waals surface area contributed by atoms with Crippen LogP contribution in [0.5, 0.6) is 0 Å². The van der Waals surface area contributed by atoms with Crippen molar-refractivity contribution in [3.8, 4) is 0 Å². The Morgan fingerprint density at radius 1 is 0.686 bits per heavy atom. The molecule has 0 amide bonds. The molecule has 0 aliphatic heterocycles. The summed E-state index contributed by atoms with van der Waals surface area (Å²) < 4.78 is 5.34. The van der Waals surface area contributed by atoms with Crippen LogP contribution in [-0.4, -0.2) is 34.7 Å². The number of ether oxygens (including phenoxy) is 1. The molecular formula is C29H34O6. The van der Waals surface area contributed by atoms with Gasteiger partial charge in [-0.3, -0.25) is 0 Å². The zero-order valence-electron chi connectivity index (χ0n) is 20.3. The van der Waals surface area contributed by atoms with Gasteiger partial charge in [-0.25, -0.2) is 14.4 Å². The number of unbranched alkanes of at least 4 members (excludes halogenated alkanes) is 1. The summed E-state index contributed by atoms with van der Waals surface area (Å²) in [6.07, 6.45) is 4.63. The van der Waals surface area contributed by atoms with Crippen LogP contribution >= 0.6 is 0 Å². The van der Waals surface area contributed by atoms with Crippen molar-refractivity contribution in [2.45, 2.75) is 39.5 Å². The molecule has 0 spiro atoms. The summed E-state index contributed by atoms with van der Waals surface area (Å²) in [5, 5.41) is 16.8. The SMILES string of the molecule is CCCCC(CC)COC(=O)c1ccccc1.O=C(O)c1ccccc1.O=C(O)c1ccccc1. The molecule has 3 aromatic carbocycles. The maximum atomic E-state index is 11.7. The van der Waals surface area contributed by atoms with E-state index in [2.05, 4.69) is 13.8 Å². The van der Waals surface area contributed by atoms with Crippen LogP contribution in [0.1, 0.15) is 70.6 Å². The van der Waals surface area contributed by atoms with Crippen molar-refractivity contribution in [2.24, 2.45) is 5.92 Å². The molecule has 3 rings (SSSR count). The van der Waals surface area contributed by atoms with Crippen LogP contribution in [0.4, 0.5) is 0 Å². The van der Waals surface area contributed by atoms with E-state index in [4.69, 9.17) is 14.9 Å². The highest BCUT2D eigenvalue weighted by molar-refractivity contribution is 5.89. The van der Waals surface area contributed by atoms with Crippen LogP contribution in [0, 0.1) is 5.92 Å². The number of carbonyl (C=O) groups excluding carboxylic acids is 1. The number of carbonyl (C=O) groups is 3. The summed E-state index contributed by atoms with van der Waals surface area (Å²) in [5.41, 5.74) is 1.30. The van der Waals surface area contributed by atoms with Gasteiger partial charge in [-0.1, -0.05) is 87.7 Å². The quantitative estimate of drug-likeness (QED) is 0.327. The predicted molar refractivity (Wildman–Crippen MR) is 137 cm³/mol. The zero-order valence-corrected chi connectivity index (χ0v) is 20.3. The van der Waals surface area contributed by atoms with Gasteiger partial charge in [-0.2, -0.15) is 0 Å². The largest absolute Gasteiger partial charge is 0.478 e. The van der Waals surface area contributed by atoms with Crippen molar-refractivity contribution < 1.29 is 29.3 Å². The van der Waals surface area contributed by atoms with Gasteiger partial charge in [-0.15, -0.1) is 0 Å². The van der Waals surface area contributed by atoms with Gasteiger partial charge in [-0.05, 0) is 48.7 Å². The average molecular weight is 479 g/mol. The summed E-state index contributed by atoms with van der Waals surface area (Å²) >= 11 is 0. The first kappa shape index (κ1) is 29.1. The first-order chi connectivity index (χ1) is 16.9. The standard InChI is InChI=1S/C15H22O2.2C7H6O2/c1-3-5-9-13(4-2)12-17-15(16)14-10-7-6-8-11-14;2*8-7(9)6-4-2-1-3-5-6/h6-8,10-11,13H,3-5,9,12H2,1-2H3;2*1-5H,(H,8,9). The van der Waals surface area contributed by atoms with Gasteiger partial charge in [0.15, 0.2) is 0 Å². The minimum atomic E-state index is -0.879. The lowest BCUT2D eigenvalue weighted by Gasteiger charge is -2.14. The summed E-state index contributed by atoms with van der Waals surface area (Å²) in [5.74, 6) is -1.46. The van der Waals surface area contributed by atoms with E-state index in [0.717, 1.165) is 12.8 Å². The number of aromatic carboxylic acids is 2. The first-order valence-electron chi connectivity index (χ1n) is 11.7. The average Bonchev–Trinajstić information content (AvgIpc) is 2.91. The molecule has 3 aromatic rings. The molecule has 0 bridgehead atoms. The topological polar surface area (TPSA) is 101 Å². The van der Waals surface area contributed by atoms with E-state index in [1.165, 1.54) is 12.8 Å². The van der Waals surface area contributed by atoms with E-state index in [1.54, 1.807) is 72.8 Å². The molecule has 6 heteroatoms. The van der Waals surface area contributed by atoms with E-state index < -0.39 is 11.9 Å². The van der Waals surface area contributed by atoms with Gasteiger partial charge >= 0.3 is 17.9 Å². The summed E-state index contributed by atoms with van der Waals surface area (Å²) in [6, 6.07) is 25.8. The molecule has 6 nitrogen and oxygen atoms in total. The highest BCUT2D eigenvalue weighted by Gasteiger charge is 2.11. The second kappa shape index (κ2) is 17.5. The molecular weight excluding hydrogens is 444 g/mol. The van der Waals surface area contributed by atoms with Crippen LogP contribution in [-0.2, 0) is 4.74 Å². The van der Waals surface area contributed by atoms with E-state index in [9.17, 15) is 14.4 Å². The van der Waals surface area contributed by atoms with Crippen molar-refractivity contribution in [1.82, 2.24) is 0 Å². The van der Waals surface area contributed by atoms with Gasteiger partial charge in [0.2, 0.25) is 0 Å². The van der Waals surface area contributed by atoms with Crippen molar-refractivity contribution in [1.29, 1.82) is 0 Å². The van der Waals surface area contributed by atoms with E-state index in [1.807, 2.05) is 18.2 Å². The van der Waals surface area contributed by atoms with Gasteiger partial charge in [0.05, 0.1) is 23.3 Å². The fourth-order valence-electron chi connectivity index (χ4n) is 2.91. The molecule has 1 atom stereocenters. The maximum absolute atomic E-state index is 11.7. The lowest BCUT2D eigenvalue weighted by Crippen LogP contribution is -2.13. The third kappa shape index (κ3) is 12.8. The molecule has 0 heterocycles. The number of carboxylic acids is 2. The van der Waals surface area contributed by atoms with Gasteiger partial charge in [0, 0.05) is 0 Å². The molecule has 2 N–H and O–H groups in total. The lowest BCUT2D eigenvalue weighted by molar-refractivity contribution is 0.0427. The molecule has 0 aliphatic carbocycles. The minimum absolute atomic E-state index is 0.208. The minimum Gasteiger partial charge on any atom is -0.478 e. The third-order valence-electron chi connectivity index (χ3n) is 5.04. The second-order valence-corrected chi connectivity index (χ2v) is 7.72. The Kier molecular flexibility index (Phi) is 14.6. The van der Waals surface area contributed by atoms with E-state index in [-0.39, 0.29) is 5.97 Å². The molecule has 0 saturated carbocycles. The van der Waals surface area contributed by atoms with Crippen molar-refractivity contribution >= 4 is 17.9 Å². The number of hydrogen-bond acceptors (Lipinski definition) is 4. The Balaban J connectivity index is 0.000000286. The molecule has 0 saturated heterocycles. The molecule has 0 fully saturated rings. The molecule has 0 radical (unpaired) electrons. The summed E-state index contributed by atoms with van der Waals surface area (Å²) in [7, 11) is 0. The Morgan fingerprint density at radius 3 is 1.40 bits per heavy atom. The van der Waals surface area contributed by atoms with Crippen LogP contribution in [0.25, 0.3) is 0 Å². The van der Waals surface area contributed by atoms with E-state index in [0.29, 0.717) is 29.2 Å². The summed E-state index contributed by atoms with van der Waals surface area (Å²) in [6.45, 7) is 4.88. The number of esters is 1. The molecule has 0 aliphatic rings. The number of benzene rings is 3. The Bertz CT molecular complexity index is 938.